The number of ketones is 1. The molecule has 0 bridgehead atoms. The Morgan fingerprint density at radius 3 is 2.35 bits per heavy atom. The lowest BCUT2D eigenvalue weighted by Gasteiger charge is -2.18. The Bertz CT molecular complexity index is 576. The molecule has 0 aliphatic heterocycles. The van der Waals surface area contributed by atoms with Crippen molar-refractivity contribution in [3.63, 3.8) is 0 Å². The minimum Gasteiger partial charge on any atom is -0.497 e. The van der Waals surface area contributed by atoms with E-state index >= 15 is 0 Å². The van der Waals surface area contributed by atoms with Crippen molar-refractivity contribution >= 4 is 11.5 Å². The maximum Gasteiger partial charge on any atom is 0.181 e. The summed E-state index contributed by atoms with van der Waals surface area (Å²) < 4.78 is 5.13. The van der Waals surface area contributed by atoms with Gasteiger partial charge in [0, 0.05) is 5.69 Å². The lowest BCUT2D eigenvalue weighted by Crippen LogP contribution is -2.19. The molecule has 3 heteroatoms. The molecule has 2 aromatic carbocycles. The Kier molecular flexibility index (Phi) is 4.56. The van der Waals surface area contributed by atoms with Crippen LogP contribution in [0.4, 0.5) is 5.69 Å². The van der Waals surface area contributed by atoms with E-state index in [1.54, 1.807) is 7.11 Å². The monoisotopic (exact) mass is 267 g/mol. The zero-order valence-corrected chi connectivity index (χ0v) is 11.4. The summed E-state index contributed by atoms with van der Waals surface area (Å²) in [4.78, 5) is 12.1. The van der Waals surface area contributed by atoms with Crippen LogP contribution in [0.2, 0.25) is 0 Å². The number of ether oxygens (including phenoxy) is 1. The third kappa shape index (κ3) is 3.26. The molecule has 1 N–H and O–H groups in total. The van der Waals surface area contributed by atoms with E-state index in [-0.39, 0.29) is 5.78 Å². The van der Waals surface area contributed by atoms with Gasteiger partial charge < -0.3 is 10.1 Å². The summed E-state index contributed by atoms with van der Waals surface area (Å²) >= 11 is 0. The van der Waals surface area contributed by atoms with Crippen LogP contribution < -0.4 is 10.1 Å². The van der Waals surface area contributed by atoms with E-state index < -0.39 is 6.04 Å². The van der Waals surface area contributed by atoms with Crippen molar-refractivity contribution in [3.05, 3.63) is 72.8 Å². The molecule has 0 radical (unpaired) electrons. The van der Waals surface area contributed by atoms with Gasteiger partial charge in [0.15, 0.2) is 5.78 Å². The highest BCUT2D eigenvalue weighted by atomic mass is 16.5. The standard InChI is InChI=1S/C17H17NO2/c1-3-16(19)17(18-14-7-5-4-6-8-14)13-9-11-15(20-2)12-10-13/h3-12,17-18H,1H2,2H3. The topological polar surface area (TPSA) is 38.3 Å². The molecule has 102 valence electrons. The molecule has 0 spiro atoms. The molecule has 2 rings (SSSR count). The van der Waals surface area contributed by atoms with Crippen molar-refractivity contribution < 1.29 is 9.53 Å². The average Bonchev–Trinajstić information content (AvgIpc) is 2.53. The number of carbonyl (C=O) groups excluding carboxylic acids is 1. The summed E-state index contributed by atoms with van der Waals surface area (Å²) in [5.74, 6) is 0.692. The number of anilines is 1. The summed E-state index contributed by atoms with van der Waals surface area (Å²) in [5, 5.41) is 3.22. The minimum absolute atomic E-state index is 0.0704. The second kappa shape index (κ2) is 6.57. The molecule has 0 saturated carbocycles. The van der Waals surface area contributed by atoms with Crippen LogP contribution >= 0.6 is 0 Å². The molecule has 1 unspecified atom stereocenters. The summed E-state index contributed by atoms with van der Waals surface area (Å²) in [6, 6.07) is 16.6. The van der Waals surface area contributed by atoms with Crippen molar-refractivity contribution in [2.24, 2.45) is 0 Å². The van der Waals surface area contributed by atoms with Gasteiger partial charge in [0.05, 0.1) is 7.11 Å². The van der Waals surface area contributed by atoms with E-state index in [1.807, 2.05) is 54.6 Å². The number of hydrogen-bond donors (Lipinski definition) is 1. The number of para-hydroxylation sites is 1. The van der Waals surface area contributed by atoms with Crippen LogP contribution in [0.3, 0.4) is 0 Å². The van der Waals surface area contributed by atoms with Crippen LogP contribution in [-0.2, 0) is 4.79 Å². The molecule has 1 atom stereocenters. The summed E-state index contributed by atoms with van der Waals surface area (Å²) in [5.41, 5.74) is 1.77. The van der Waals surface area contributed by atoms with Gasteiger partial charge in [0.1, 0.15) is 11.8 Å². The Morgan fingerprint density at radius 1 is 1.15 bits per heavy atom. The van der Waals surface area contributed by atoms with Gasteiger partial charge in [-0.05, 0) is 35.9 Å². The molecule has 0 saturated heterocycles. The molecule has 2 aromatic rings. The first-order chi connectivity index (χ1) is 9.74. The molecule has 0 heterocycles. The fourth-order valence-electron chi connectivity index (χ4n) is 1.93. The van der Waals surface area contributed by atoms with Gasteiger partial charge in [-0.1, -0.05) is 36.9 Å². The van der Waals surface area contributed by atoms with E-state index in [0.29, 0.717) is 0 Å². The van der Waals surface area contributed by atoms with Gasteiger partial charge >= 0.3 is 0 Å². The molecule has 0 aliphatic carbocycles. The van der Waals surface area contributed by atoms with Gasteiger partial charge in [0.25, 0.3) is 0 Å². The van der Waals surface area contributed by atoms with Crippen LogP contribution in [0.1, 0.15) is 11.6 Å². The summed E-state index contributed by atoms with van der Waals surface area (Å²) in [6.45, 7) is 3.57. The first-order valence-corrected chi connectivity index (χ1v) is 6.36. The smallest absolute Gasteiger partial charge is 0.181 e. The predicted molar refractivity (Wildman–Crippen MR) is 81.0 cm³/mol. The molecule has 0 amide bonds. The lowest BCUT2D eigenvalue weighted by atomic mass is 10.0. The van der Waals surface area contributed by atoms with Crippen LogP contribution in [0.25, 0.3) is 0 Å². The van der Waals surface area contributed by atoms with E-state index in [0.717, 1.165) is 17.0 Å². The first kappa shape index (κ1) is 13.9. The fourth-order valence-corrected chi connectivity index (χ4v) is 1.93. The number of hydrogen-bond acceptors (Lipinski definition) is 3. The zero-order valence-electron chi connectivity index (χ0n) is 11.4. The van der Waals surface area contributed by atoms with Gasteiger partial charge in [-0.3, -0.25) is 4.79 Å². The number of carbonyl (C=O) groups is 1. The molecular formula is C17H17NO2. The van der Waals surface area contributed by atoms with Crippen LogP contribution in [0.15, 0.2) is 67.3 Å². The maximum atomic E-state index is 12.1. The maximum absolute atomic E-state index is 12.1. The van der Waals surface area contributed by atoms with Crippen LogP contribution in [0, 0.1) is 0 Å². The Hall–Kier alpha value is -2.55. The number of nitrogens with one attached hydrogen (secondary N) is 1. The molecule has 20 heavy (non-hydrogen) atoms. The van der Waals surface area contributed by atoms with Gasteiger partial charge in [-0.15, -0.1) is 0 Å². The normalized spacial score (nSPS) is 11.4. The lowest BCUT2D eigenvalue weighted by molar-refractivity contribution is -0.115. The number of benzene rings is 2. The third-order valence-corrected chi connectivity index (χ3v) is 3.02. The predicted octanol–water partition coefficient (Wildman–Crippen LogP) is 3.60. The summed E-state index contributed by atoms with van der Waals surface area (Å²) in [7, 11) is 1.61. The molecular weight excluding hydrogens is 250 g/mol. The number of rotatable bonds is 6. The highest BCUT2D eigenvalue weighted by Gasteiger charge is 2.17. The van der Waals surface area contributed by atoms with Crippen molar-refractivity contribution in [2.45, 2.75) is 6.04 Å². The van der Waals surface area contributed by atoms with E-state index in [1.165, 1.54) is 6.08 Å². The SMILES string of the molecule is C=CC(=O)C(Nc1ccccc1)c1ccc(OC)cc1. The average molecular weight is 267 g/mol. The highest BCUT2D eigenvalue weighted by Crippen LogP contribution is 2.23. The Morgan fingerprint density at radius 2 is 1.80 bits per heavy atom. The van der Waals surface area contributed by atoms with Crippen LogP contribution in [-0.4, -0.2) is 12.9 Å². The quantitative estimate of drug-likeness (QED) is 0.813. The largest absolute Gasteiger partial charge is 0.497 e. The van der Waals surface area contributed by atoms with Crippen molar-refractivity contribution in [1.29, 1.82) is 0 Å². The molecule has 0 fully saturated rings. The Balaban J connectivity index is 2.27. The summed E-state index contributed by atoms with van der Waals surface area (Å²) in [6.07, 6.45) is 1.34. The van der Waals surface area contributed by atoms with E-state index in [9.17, 15) is 4.79 Å². The molecule has 3 nitrogen and oxygen atoms in total. The van der Waals surface area contributed by atoms with Crippen molar-refractivity contribution in [2.75, 3.05) is 12.4 Å². The first-order valence-electron chi connectivity index (χ1n) is 6.36. The fraction of sp³-hybridized carbons (Fsp3) is 0.118. The second-order valence-corrected chi connectivity index (χ2v) is 4.32. The highest BCUT2D eigenvalue weighted by molar-refractivity contribution is 5.96. The minimum atomic E-state index is -0.444. The molecule has 0 aliphatic rings. The second-order valence-electron chi connectivity index (χ2n) is 4.32. The molecule has 0 aromatic heterocycles. The van der Waals surface area contributed by atoms with Gasteiger partial charge in [-0.25, -0.2) is 0 Å². The van der Waals surface area contributed by atoms with Crippen molar-refractivity contribution in [3.8, 4) is 5.75 Å². The Labute approximate surface area is 118 Å². The van der Waals surface area contributed by atoms with E-state index in [4.69, 9.17) is 4.74 Å². The van der Waals surface area contributed by atoms with Gasteiger partial charge in [-0.2, -0.15) is 0 Å². The van der Waals surface area contributed by atoms with E-state index in [2.05, 4.69) is 11.9 Å². The van der Waals surface area contributed by atoms with Crippen LogP contribution in [0.5, 0.6) is 5.75 Å². The third-order valence-electron chi connectivity index (χ3n) is 3.02. The van der Waals surface area contributed by atoms with Gasteiger partial charge in [0.2, 0.25) is 0 Å². The zero-order chi connectivity index (χ0) is 14.4. The van der Waals surface area contributed by atoms with Crippen molar-refractivity contribution in [1.82, 2.24) is 0 Å². The number of methoxy groups -OCH3 is 1.